The highest BCUT2D eigenvalue weighted by molar-refractivity contribution is 6.21. The van der Waals surface area contributed by atoms with Crippen molar-refractivity contribution in [3.8, 4) is 0 Å². The largest absolute Gasteiger partial charge is 0.478 e. The van der Waals surface area contributed by atoms with Gasteiger partial charge in [0.05, 0.1) is 11.1 Å². The first-order chi connectivity index (χ1) is 13.0. The summed E-state index contributed by atoms with van der Waals surface area (Å²) in [6.07, 6.45) is 2.83. The van der Waals surface area contributed by atoms with Crippen molar-refractivity contribution < 1.29 is 24.2 Å². The van der Waals surface area contributed by atoms with Crippen LogP contribution in [-0.2, 0) is 9.59 Å². The SMILES string of the molecule is O=C(O)C(=Cc1ccc(C=C(C(=O)O)c2ccccc2)o1)c1ccccc1. The molecule has 2 N–H and O–H groups in total. The van der Waals surface area contributed by atoms with Gasteiger partial charge < -0.3 is 14.6 Å². The van der Waals surface area contributed by atoms with Gasteiger partial charge in [0.2, 0.25) is 0 Å². The zero-order valence-electron chi connectivity index (χ0n) is 14.2. The second-order valence-corrected chi connectivity index (χ2v) is 5.70. The van der Waals surface area contributed by atoms with Crippen LogP contribution >= 0.6 is 0 Å². The molecule has 1 aromatic heterocycles. The molecular formula is C22H16O5. The molecule has 0 aliphatic rings. The molecule has 0 aliphatic carbocycles. The lowest BCUT2D eigenvalue weighted by molar-refractivity contribution is -0.131. The Kier molecular flexibility index (Phi) is 5.33. The second kappa shape index (κ2) is 8.01. The summed E-state index contributed by atoms with van der Waals surface area (Å²) in [4.78, 5) is 23.1. The Labute approximate surface area is 155 Å². The fourth-order valence-corrected chi connectivity index (χ4v) is 2.58. The molecule has 1 heterocycles. The van der Waals surface area contributed by atoms with E-state index in [2.05, 4.69) is 0 Å². The van der Waals surface area contributed by atoms with Crippen LogP contribution in [0.4, 0.5) is 0 Å². The van der Waals surface area contributed by atoms with Crippen LogP contribution in [0.2, 0.25) is 0 Å². The summed E-state index contributed by atoms with van der Waals surface area (Å²) in [7, 11) is 0. The van der Waals surface area contributed by atoms with Gasteiger partial charge in [-0.05, 0) is 35.4 Å². The Hall–Kier alpha value is -3.86. The maximum Gasteiger partial charge on any atom is 0.336 e. The molecule has 0 saturated heterocycles. The minimum absolute atomic E-state index is 0.0852. The number of benzene rings is 2. The molecule has 0 aliphatic heterocycles. The number of carboxylic acid groups (broad SMARTS) is 2. The maximum atomic E-state index is 11.6. The molecule has 134 valence electrons. The van der Waals surface area contributed by atoms with E-state index in [1.807, 2.05) is 0 Å². The first kappa shape index (κ1) is 17.9. The summed E-state index contributed by atoms with van der Waals surface area (Å²) < 4.78 is 5.61. The predicted molar refractivity (Wildman–Crippen MR) is 103 cm³/mol. The van der Waals surface area contributed by atoms with E-state index in [1.165, 1.54) is 12.2 Å². The molecule has 5 heteroatoms. The van der Waals surface area contributed by atoms with Gasteiger partial charge in [0, 0.05) is 0 Å². The van der Waals surface area contributed by atoms with Crippen LogP contribution in [0.15, 0.2) is 77.2 Å². The Balaban J connectivity index is 1.96. The van der Waals surface area contributed by atoms with Crippen LogP contribution in [0.3, 0.4) is 0 Å². The standard InChI is InChI=1S/C22H16O5/c23-21(24)19(15-7-3-1-4-8-15)13-17-11-12-18(27-17)14-20(22(25)26)16-9-5-2-6-10-16/h1-14H,(H,23,24)(H,25,26). The Bertz CT molecular complexity index is 929. The van der Waals surface area contributed by atoms with E-state index >= 15 is 0 Å². The number of carboxylic acids is 2. The van der Waals surface area contributed by atoms with Crippen LogP contribution in [0, 0.1) is 0 Å². The molecule has 0 radical (unpaired) electrons. The molecule has 0 bridgehead atoms. The number of hydrogen-bond donors (Lipinski definition) is 2. The molecule has 0 amide bonds. The minimum Gasteiger partial charge on any atom is -0.478 e. The highest BCUT2D eigenvalue weighted by Gasteiger charge is 2.13. The summed E-state index contributed by atoms with van der Waals surface area (Å²) in [6, 6.07) is 20.6. The fourth-order valence-electron chi connectivity index (χ4n) is 2.58. The van der Waals surface area contributed by atoms with Crippen molar-refractivity contribution in [1.82, 2.24) is 0 Å². The number of furan rings is 1. The number of carbonyl (C=O) groups is 2. The molecule has 0 spiro atoms. The predicted octanol–water partition coefficient (Wildman–Crippen LogP) is 4.53. The average molecular weight is 360 g/mol. The lowest BCUT2D eigenvalue weighted by Crippen LogP contribution is -1.99. The Morgan fingerprint density at radius 1 is 0.630 bits per heavy atom. The molecular weight excluding hydrogens is 344 g/mol. The van der Waals surface area contributed by atoms with Gasteiger partial charge >= 0.3 is 11.9 Å². The van der Waals surface area contributed by atoms with Gasteiger partial charge in [-0.15, -0.1) is 0 Å². The highest BCUT2D eigenvalue weighted by Crippen LogP contribution is 2.23. The van der Waals surface area contributed by atoms with Gasteiger partial charge in [-0.1, -0.05) is 60.7 Å². The summed E-state index contributed by atoms with van der Waals surface area (Å²) in [6.45, 7) is 0. The summed E-state index contributed by atoms with van der Waals surface area (Å²) >= 11 is 0. The topological polar surface area (TPSA) is 87.7 Å². The third kappa shape index (κ3) is 4.41. The highest BCUT2D eigenvalue weighted by atomic mass is 16.4. The van der Waals surface area contributed by atoms with Crippen LogP contribution < -0.4 is 0 Å². The van der Waals surface area contributed by atoms with Crippen molar-refractivity contribution in [2.24, 2.45) is 0 Å². The summed E-state index contributed by atoms with van der Waals surface area (Å²) in [5, 5.41) is 18.9. The molecule has 0 atom stereocenters. The van der Waals surface area contributed by atoms with Crippen molar-refractivity contribution >= 4 is 35.2 Å². The molecule has 5 nitrogen and oxygen atoms in total. The van der Waals surface area contributed by atoms with Gasteiger partial charge in [-0.2, -0.15) is 0 Å². The van der Waals surface area contributed by atoms with E-state index in [-0.39, 0.29) is 11.1 Å². The van der Waals surface area contributed by atoms with E-state index in [9.17, 15) is 19.8 Å². The van der Waals surface area contributed by atoms with Gasteiger partial charge in [-0.3, -0.25) is 0 Å². The molecule has 0 saturated carbocycles. The molecule has 3 aromatic rings. The number of aliphatic carboxylic acids is 2. The van der Waals surface area contributed by atoms with E-state index in [0.29, 0.717) is 22.6 Å². The molecule has 3 rings (SSSR count). The average Bonchev–Trinajstić information content (AvgIpc) is 3.12. The van der Waals surface area contributed by atoms with Gasteiger partial charge in [0.1, 0.15) is 11.5 Å². The Morgan fingerprint density at radius 2 is 1.00 bits per heavy atom. The quantitative estimate of drug-likeness (QED) is 0.631. The van der Waals surface area contributed by atoms with Crippen molar-refractivity contribution in [2.45, 2.75) is 0 Å². The minimum atomic E-state index is -1.08. The van der Waals surface area contributed by atoms with Gasteiger partial charge in [0.25, 0.3) is 0 Å². The number of rotatable bonds is 6. The van der Waals surface area contributed by atoms with Crippen LogP contribution in [0.25, 0.3) is 23.3 Å². The number of hydrogen-bond acceptors (Lipinski definition) is 3. The van der Waals surface area contributed by atoms with Crippen molar-refractivity contribution in [2.75, 3.05) is 0 Å². The zero-order chi connectivity index (χ0) is 19.2. The lowest BCUT2D eigenvalue weighted by Gasteiger charge is -2.02. The van der Waals surface area contributed by atoms with E-state index in [4.69, 9.17) is 4.42 Å². The lowest BCUT2D eigenvalue weighted by atomic mass is 10.1. The third-order valence-electron chi connectivity index (χ3n) is 3.85. The van der Waals surface area contributed by atoms with Crippen molar-refractivity contribution in [3.05, 3.63) is 95.4 Å². The molecule has 0 unspecified atom stereocenters. The first-order valence-electron chi connectivity index (χ1n) is 8.15. The second-order valence-electron chi connectivity index (χ2n) is 5.70. The fraction of sp³-hybridized carbons (Fsp3) is 0. The Morgan fingerprint density at radius 3 is 1.33 bits per heavy atom. The molecule has 2 aromatic carbocycles. The third-order valence-corrected chi connectivity index (χ3v) is 3.85. The van der Waals surface area contributed by atoms with Crippen molar-refractivity contribution in [3.63, 3.8) is 0 Å². The van der Waals surface area contributed by atoms with Gasteiger partial charge in [-0.25, -0.2) is 9.59 Å². The zero-order valence-corrected chi connectivity index (χ0v) is 14.2. The van der Waals surface area contributed by atoms with Crippen LogP contribution in [0.1, 0.15) is 22.6 Å². The van der Waals surface area contributed by atoms with Crippen LogP contribution in [0.5, 0.6) is 0 Å². The van der Waals surface area contributed by atoms with E-state index in [1.54, 1.807) is 72.8 Å². The first-order valence-corrected chi connectivity index (χ1v) is 8.15. The van der Waals surface area contributed by atoms with Crippen LogP contribution in [-0.4, -0.2) is 22.2 Å². The molecule has 27 heavy (non-hydrogen) atoms. The maximum absolute atomic E-state index is 11.6. The monoisotopic (exact) mass is 360 g/mol. The normalized spacial score (nSPS) is 12.0. The van der Waals surface area contributed by atoms with E-state index in [0.717, 1.165) is 0 Å². The summed E-state index contributed by atoms with van der Waals surface area (Å²) in [5.41, 5.74) is 1.27. The van der Waals surface area contributed by atoms with Crippen molar-refractivity contribution in [1.29, 1.82) is 0 Å². The summed E-state index contributed by atoms with van der Waals surface area (Å²) in [5.74, 6) is -1.52. The van der Waals surface area contributed by atoms with E-state index < -0.39 is 11.9 Å². The molecule has 0 fully saturated rings. The smallest absolute Gasteiger partial charge is 0.336 e. The van der Waals surface area contributed by atoms with Gasteiger partial charge in [0.15, 0.2) is 0 Å².